The Morgan fingerprint density at radius 3 is 2.48 bits per heavy atom. The van der Waals surface area contributed by atoms with Crippen LogP contribution in [-0.4, -0.2) is 34.3 Å². The van der Waals surface area contributed by atoms with Crippen molar-refractivity contribution >= 4 is 6.09 Å². The quantitative estimate of drug-likeness (QED) is 0.646. The van der Waals surface area contributed by atoms with Gasteiger partial charge in [0.2, 0.25) is 0 Å². The molecule has 5 nitrogen and oxygen atoms in total. The summed E-state index contributed by atoms with van der Waals surface area (Å²) < 4.78 is 7.42. The van der Waals surface area contributed by atoms with Crippen molar-refractivity contribution in [3.8, 4) is 11.8 Å². The molecule has 1 amide bonds. The number of aromatic nitrogens is 1. The maximum Gasteiger partial charge on any atom is 0.410 e. The fourth-order valence-electron chi connectivity index (χ4n) is 4.17. The Labute approximate surface area is 171 Å². The molecule has 1 fully saturated rings. The lowest BCUT2D eigenvalue weighted by Gasteiger charge is -2.42. The molecule has 3 heterocycles. The molecule has 2 aromatic rings. The number of amides is 1. The van der Waals surface area contributed by atoms with Gasteiger partial charge >= 0.3 is 6.09 Å². The van der Waals surface area contributed by atoms with Crippen LogP contribution >= 0.6 is 0 Å². The minimum Gasteiger partial charge on any atom is -0.444 e. The van der Waals surface area contributed by atoms with Crippen molar-refractivity contribution in [2.45, 2.75) is 45.3 Å². The van der Waals surface area contributed by atoms with Gasteiger partial charge in [0.1, 0.15) is 5.60 Å². The molecule has 1 aromatic carbocycles. The largest absolute Gasteiger partial charge is 0.444 e. The number of piperidine rings is 1. The van der Waals surface area contributed by atoms with E-state index in [4.69, 9.17) is 4.74 Å². The number of fused-ring (bicyclic) bond motifs is 4. The van der Waals surface area contributed by atoms with Crippen LogP contribution in [0.4, 0.5) is 4.79 Å². The van der Waals surface area contributed by atoms with Crippen molar-refractivity contribution in [1.82, 2.24) is 9.47 Å². The van der Waals surface area contributed by atoms with Crippen LogP contribution in [0.3, 0.4) is 0 Å². The first-order valence-electron chi connectivity index (χ1n) is 10.1. The van der Waals surface area contributed by atoms with Crippen LogP contribution in [0, 0.1) is 17.8 Å². The van der Waals surface area contributed by atoms with E-state index in [0.717, 1.165) is 23.2 Å². The van der Waals surface area contributed by atoms with Gasteiger partial charge in [-0.2, -0.15) is 0 Å². The highest BCUT2D eigenvalue weighted by Gasteiger charge is 2.37. The third-order valence-electron chi connectivity index (χ3n) is 5.33. The minimum atomic E-state index is -0.515. The Bertz CT molecular complexity index is 1040. The first-order valence-corrected chi connectivity index (χ1v) is 10.1. The van der Waals surface area contributed by atoms with Gasteiger partial charge < -0.3 is 14.2 Å². The number of carbonyl (C=O) groups is 1. The maximum atomic E-state index is 12.7. The van der Waals surface area contributed by atoms with Crippen LogP contribution in [0.1, 0.15) is 49.9 Å². The Morgan fingerprint density at radius 1 is 1.03 bits per heavy atom. The number of rotatable bonds is 0. The summed E-state index contributed by atoms with van der Waals surface area (Å²) in [5.74, 6) is 6.64. The second-order valence-electron chi connectivity index (χ2n) is 8.92. The molecule has 2 aliphatic rings. The molecule has 0 aliphatic carbocycles. The highest BCUT2D eigenvalue weighted by molar-refractivity contribution is 5.68. The molecule has 5 heteroatoms. The zero-order valence-corrected chi connectivity index (χ0v) is 17.1. The smallest absolute Gasteiger partial charge is 0.410 e. The summed E-state index contributed by atoms with van der Waals surface area (Å²) in [6.07, 6.45) is 0.705. The lowest BCUT2D eigenvalue weighted by molar-refractivity contribution is 0.0102. The topological polar surface area (TPSA) is 51.5 Å². The summed E-state index contributed by atoms with van der Waals surface area (Å²) in [6.45, 7) is 7.47. The summed E-state index contributed by atoms with van der Waals surface area (Å²) in [7, 11) is 0. The Balaban J connectivity index is 1.61. The van der Waals surface area contributed by atoms with Gasteiger partial charge in [-0.1, -0.05) is 30.0 Å². The number of hydrogen-bond donors (Lipinski definition) is 0. The van der Waals surface area contributed by atoms with Crippen LogP contribution in [0.15, 0.2) is 47.3 Å². The van der Waals surface area contributed by atoms with Gasteiger partial charge in [0.05, 0.1) is 0 Å². The van der Waals surface area contributed by atoms with Crippen molar-refractivity contribution in [3.63, 3.8) is 0 Å². The van der Waals surface area contributed by atoms with E-state index in [1.807, 2.05) is 61.7 Å². The molecule has 0 spiro atoms. The Hall–Kier alpha value is -3.00. The zero-order chi connectivity index (χ0) is 20.6. The van der Waals surface area contributed by atoms with E-state index in [1.54, 1.807) is 11.0 Å². The van der Waals surface area contributed by atoms with Crippen molar-refractivity contribution in [3.05, 3.63) is 69.6 Å². The van der Waals surface area contributed by atoms with Crippen molar-refractivity contribution in [1.29, 1.82) is 0 Å². The molecule has 0 N–H and O–H groups in total. The summed E-state index contributed by atoms with van der Waals surface area (Å²) in [5.41, 5.74) is 2.08. The van der Waals surface area contributed by atoms with Gasteiger partial charge in [-0.05, 0) is 51.3 Å². The molecule has 2 bridgehead atoms. The average molecular weight is 390 g/mol. The van der Waals surface area contributed by atoms with E-state index in [1.165, 1.54) is 0 Å². The normalized spacial score (nSPS) is 20.3. The van der Waals surface area contributed by atoms with E-state index in [2.05, 4.69) is 11.8 Å². The molecule has 4 rings (SSSR count). The molecule has 150 valence electrons. The van der Waals surface area contributed by atoms with Crippen LogP contribution in [0.5, 0.6) is 0 Å². The third-order valence-corrected chi connectivity index (χ3v) is 5.33. The number of nitrogens with zero attached hydrogens (tertiary/aromatic N) is 2. The number of pyridine rings is 1. The molecular weight excluding hydrogens is 364 g/mol. The fraction of sp³-hybridized carbons (Fsp3) is 0.417. The number of hydrogen-bond acceptors (Lipinski definition) is 3. The molecular formula is C24H26N2O3. The summed E-state index contributed by atoms with van der Waals surface area (Å²) in [5, 5.41) is 0. The predicted octanol–water partition coefficient (Wildman–Crippen LogP) is 3.60. The molecule has 1 unspecified atom stereocenters. The van der Waals surface area contributed by atoms with Crippen LogP contribution in [0.25, 0.3) is 0 Å². The van der Waals surface area contributed by atoms with Gasteiger partial charge in [-0.25, -0.2) is 4.79 Å². The molecule has 29 heavy (non-hydrogen) atoms. The zero-order valence-electron chi connectivity index (χ0n) is 17.1. The second-order valence-corrected chi connectivity index (χ2v) is 8.92. The van der Waals surface area contributed by atoms with Crippen LogP contribution in [-0.2, 0) is 11.3 Å². The minimum absolute atomic E-state index is 0.0136. The van der Waals surface area contributed by atoms with E-state index >= 15 is 0 Å². The van der Waals surface area contributed by atoms with E-state index in [0.29, 0.717) is 19.6 Å². The number of likely N-dealkylation sites (tertiary alicyclic amines) is 1. The van der Waals surface area contributed by atoms with Crippen LogP contribution < -0.4 is 5.56 Å². The van der Waals surface area contributed by atoms with Crippen molar-refractivity contribution < 1.29 is 9.53 Å². The van der Waals surface area contributed by atoms with E-state index in [-0.39, 0.29) is 23.5 Å². The highest BCUT2D eigenvalue weighted by Crippen LogP contribution is 2.35. The Morgan fingerprint density at radius 2 is 1.76 bits per heavy atom. The maximum absolute atomic E-state index is 12.7. The van der Waals surface area contributed by atoms with Gasteiger partial charge in [-0.15, -0.1) is 0 Å². The molecule has 0 saturated carbocycles. The summed E-state index contributed by atoms with van der Waals surface area (Å²) in [6, 6.07) is 13.4. The molecule has 1 aromatic heterocycles. The SMILES string of the molecule is CC(C)(C)OC(=O)N1CC2C[C@@H](C1)c1cc(C#Cc3ccccc3)cc(=O)n1C2. The standard InChI is InChI=1S/C24H26N2O3/c1-24(2,3)29-23(28)25-14-19-11-20(16-25)21-12-18(13-22(27)26(21)15-19)10-9-17-7-5-4-6-8-17/h4-8,12-13,19-20H,11,14-16H2,1-3H3/t19?,20-/m0/s1. The molecule has 2 atom stereocenters. The molecule has 2 aliphatic heterocycles. The summed E-state index contributed by atoms with van der Waals surface area (Å²) in [4.78, 5) is 27.1. The van der Waals surface area contributed by atoms with Gasteiger partial charge in [0.25, 0.3) is 5.56 Å². The lowest BCUT2D eigenvalue weighted by atomic mass is 9.83. The van der Waals surface area contributed by atoms with Gasteiger partial charge in [0, 0.05) is 48.4 Å². The lowest BCUT2D eigenvalue weighted by Crippen LogP contribution is -2.50. The van der Waals surface area contributed by atoms with Gasteiger partial charge in [-0.3, -0.25) is 4.79 Å². The number of carbonyl (C=O) groups excluding carboxylic acids is 1. The fourth-order valence-corrected chi connectivity index (χ4v) is 4.17. The average Bonchev–Trinajstić information content (AvgIpc) is 2.67. The predicted molar refractivity (Wildman–Crippen MR) is 112 cm³/mol. The van der Waals surface area contributed by atoms with Gasteiger partial charge in [0.15, 0.2) is 0 Å². The van der Waals surface area contributed by atoms with E-state index in [9.17, 15) is 9.59 Å². The van der Waals surface area contributed by atoms with Crippen molar-refractivity contribution in [2.75, 3.05) is 13.1 Å². The first-order chi connectivity index (χ1) is 13.8. The number of ether oxygens (including phenoxy) is 1. The van der Waals surface area contributed by atoms with E-state index < -0.39 is 5.60 Å². The monoisotopic (exact) mass is 390 g/mol. The third kappa shape index (κ3) is 4.37. The van der Waals surface area contributed by atoms with Crippen LogP contribution in [0.2, 0.25) is 0 Å². The number of benzene rings is 1. The Kier molecular flexibility index (Phi) is 4.96. The first kappa shape index (κ1) is 19.3. The van der Waals surface area contributed by atoms with Crippen molar-refractivity contribution in [2.24, 2.45) is 5.92 Å². The molecule has 1 saturated heterocycles. The second kappa shape index (κ2) is 7.44. The summed E-state index contributed by atoms with van der Waals surface area (Å²) >= 11 is 0. The highest BCUT2D eigenvalue weighted by atomic mass is 16.6. The molecule has 0 radical (unpaired) electrons.